The third-order valence-corrected chi connectivity index (χ3v) is 3.41. The number of methoxy groups -OCH3 is 2. The Bertz CT molecular complexity index is 496. The van der Waals surface area contributed by atoms with E-state index < -0.39 is 0 Å². The van der Waals surface area contributed by atoms with Crippen molar-refractivity contribution in [2.45, 2.75) is 0 Å². The Morgan fingerprint density at radius 1 is 1.35 bits per heavy atom. The molecule has 2 amide bonds. The predicted molar refractivity (Wildman–Crippen MR) is 78.0 cm³/mol. The van der Waals surface area contributed by atoms with Gasteiger partial charge in [-0.1, -0.05) is 11.6 Å². The Labute approximate surface area is 123 Å². The first-order chi connectivity index (χ1) is 9.65. The van der Waals surface area contributed by atoms with Crippen molar-refractivity contribution in [3.05, 3.63) is 17.2 Å². The lowest BCUT2D eigenvalue weighted by molar-refractivity contribution is 0.219. The number of halogens is 1. The molecule has 2 rings (SSSR count). The number of carbonyl (C=O) groups excluding carboxylic acids is 1. The molecule has 6 nitrogen and oxygen atoms in total. The molecule has 1 heterocycles. The number of rotatable bonds is 6. The summed E-state index contributed by atoms with van der Waals surface area (Å²) in [6.07, 6.45) is 0. The van der Waals surface area contributed by atoms with Crippen molar-refractivity contribution in [3.8, 4) is 11.5 Å². The van der Waals surface area contributed by atoms with Gasteiger partial charge < -0.3 is 25.0 Å². The molecular formula is C13H18ClN3O3. The molecule has 1 aromatic carbocycles. The summed E-state index contributed by atoms with van der Waals surface area (Å²) in [7, 11) is 3.14. The van der Waals surface area contributed by atoms with E-state index in [0.29, 0.717) is 36.2 Å². The van der Waals surface area contributed by atoms with Crippen LogP contribution in [0.3, 0.4) is 0 Å². The van der Waals surface area contributed by atoms with Crippen molar-refractivity contribution in [2.75, 3.05) is 45.7 Å². The lowest BCUT2D eigenvalue weighted by Crippen LogP contribution is -2.32. The van der Waals surface area contributed by atoms with Gasteiger partial charge in [0.2, 0.25) is 0 Å². The van der Waals surface area contributed by atoms with Crippen LogP contribution in [0.1, 0.15) is 0 Å². The summed E-state index contributed by atoms with van der Waals surface area (Å²) in [4.78, 5) is 13.2. The number of benzene rings is 1. The van der Waals surface area contributed by atoms with Gasteiger partial charge >= 0.3 is 6.03 Å². The second kappa shape index (κ2) is 6.56. The van der Waals surface area contributed by atoms with Crippen LogP contribution in [-0.4, -0.2) is 51.3 Å². The molecule has 0 unspecified atom stereocenters. The maximum absolute atomic E-state index is 11.4. The number of hydrogen-bond donors (Lipinski definition) is 2. The number of hydrogen-bond acceptors (Lipinski definition) is 4. The zero-order valence-electron chi connectivity index (χ0n) is 11.5. The highest BCUT2D eigenvalue weighted by atomic mass is 35.5. The van der Waals surface area contributed by atoms with Crippen LogP contribution in [0.2, 0.25) is 5.02 Å². The van der Waals surface area contributed by atoms with Crippen molar-refractivity contribution in [2.24, 2.45) is 0 Å². The molecule has 1 aromatic rings. The largest absolute Gasteiger partial charge is 0.495 e. The van der Waals surface area contributed by atoms with Gasteiger partial charge in [-0.15, -0.1) is 0 Å². The minimum absolute atomic E-state index is 0.0209. The van der Waals surface area contributed by atoms with Gasteiger partial charge in [-0.2, -0.15) is 0 Å². The fourth-order valence-corrected chi connectivity index (χ4v) is 2.28. The van der Waals surface area contributed by atoms with Crippen LogP contribution in [0.5, 0.6) is 11.5 Å². The Kier molecular flexibility index (Phi) is 4.79. The first-order valence-electron chi connectivity index (χ1n) is 6.34. The number of nitrogens with zero attached hydrogens (tertiary/aromatic N) is 1. The van der Waals surface area contributed by atoms with Crippen LogP contribution in [0.4, 0.5) is 10.5 Å². The van der Waals surface area contributed by atoms with E-state index in [-0.39, 0.29) is 6.03 Å². The molecule has 7 heteroatoms. The van der Waals surface area contributed by atoms with E-state index in [0.717, 1.165) is 12.2 Å². The molecule has 0 bridgehead atoms. The van der Waals surface area contributed by atoms with Gasteiger partial charge in [-0.05, 0) is 0 Å². The third kappa shape index (κ3) is 3.19. The molecule has 2 N–H and O–H groups in total. The standard InChI is InChI=1S/C13H18ClN3O3/c1-19-11-8-10(12(20-2)7-9(11)14)15-3-5-17-6-4-16-13(17)18/h7-8,15H,3-6H2,1-2H3,(H,16,18). The molecule has 0 atom stereocenters. The summed E-state index contributed by atoms with van der Waals surface area (Å²) in [5, 5.41) is 6.49. The fraction of sp³-hybridized carbons (Fsp3) is 0.462. The van der Waals surface area contributed by atoms with E-state index in [1.165, 1.54) is 0 Å². The quantitative estimate of drug-likeness (QED) is 0.841. The average Bonchev–Trinajstić information content (AvgIpc) is 2.85. The zero-order chi connectivity index (χ0) is 14.5. The van der Waals surface area contributed by atoms with E-state index in [4.69, 9.17) is 21.1 Å². The summed E-state index contributed by atoms with van der Waals surface area (Å²) < 4.78 is 10.5. The van der Waals surface area contributed by atoms with Crippen LogP contribution < -0.4 is 20.1 Å². The van der Waals surface area contributed by atoms with Gasteiger partial charge in [-0.3, -0.25) is 0 Å². The summed E-state index contributed by atoms with van der Waals surface area (Å²) in [5.41, 5.74) is 0.786. The molecule has 0 aromatic heterocycles. The molecule has 1 aliphatic rings. The Morgan fingerprint density at radius 2 is 2.10 bits per heavy atom. The van der Waals surface area contributed by atoms with Crippen molar-refractivity contribution < 1.29 is 14.3 Å². The van der Waals surface area contributed by atoms with Crippen molar-refractivity contribution in [3.63, 3.8) is 0 Å². The Morgan fingerprint density at radius 3 is 2.70 bits per heavy atom. The third-order valence-electron chi connectivity index (χ3n) is 3.12. The summed E-state index contributed by atoms with van der Waals surface area (Å²) in [5.74, 6) is 1.22. The van der Waals surface area contributed by atoms with Crippen LogP contribution in [0.25, 0.3) is 0 Å². The molecular weight excluding hydrogens is 282 g/mol. The second-order valence-corrected chi connectivity index (χ2v) is 4.74. The van der Waals surface area contributed by atoms with Crippen molar-refractivity contribution in [1.29, 1.82) is 0 Å². The number of urea groups is 1. The highest BCUT2D eigenvalue weighted by molar-refractivity contribution is 6.32. The molecule has 20 heavy (non-hydrogen) atoms. The van der Waals surface area contributed by atoms with E-state index >= 15 is 0 Å². The molecule has 0 radical (unpaired) electrons. The highest BCUT2D eigenvalue weighted by Crippen LogP contribution is 2.35. The highest BCUT2D eigenvalue weighted by Gasteiger charge is 2.18. The maximum atomic E-state index is 11.4. The minimum Gasteiger partial charge on any atom is -0.495 e. The molecule has 1 fully saturated rings. The maximum Gasteiger partial charge on any atom is 0.317 e. The first-order valence-corrected chi connectivity index (χ1v) is 6.71. The number of amides is 2. The van der Waals surface area contributed by atoms with Crippen molar-refractivity contribution in [1.82, 2.24) is 10.2 Å². The molecule has 1 aliphatic heterocycles. The second-order valence-electron chi connectivity index (χ2n) is 4.33. The smallest absolute Gasteiger partial charge is 0.317 e. The van der Waals surface area contributed by atoms with Crippen LogP contribution in [0.15, 0.2) is 12.1 Å². The van der Waals surface area contributed by atoms with Gasteiger partial charge in [-0.25, -0.2) is 4.79 Å². The minimum atomic E-state index is -0.0209. The van der Waals surface area contributed by atoms with E-state index in [9.17, 15) is 4.79 Å². The lowest BCUT2D eigenvalue weighted by atomic mass is 10.2. The number of carbonyl (C=O) groups is 1. The first kappa shape index (κ1) is 14.6. The predicted octanol–water partition coefficient (Wildman–Crippen LogP) is 1.79. The SMILES string of the molecule is COc1cc(NCCN2CCNC2=O)c(OC)cc1Cl. The van der Waals surface area contributed by atoms with E-state index in [2.05, 4.69) is 10.6 Å². The number of anilines is 1. The summed E-state index contributed by atoms with van der Waals surface area (Å²) in [6.45, 7) is 2.69. The van der Waals surface area contributed by atoms with Crippen LogP contribution in [-0.2, 0) is 0 Å². The van der Waals surface area contributed by atoms with Gasteiger partial charge in [0.1, 0.15) is 11.5 Å². The molecule has 110 valence electrons. The number of ether oxygens (including phenoxy) is 2. The Hall–Kier alpha value is -1.82. The van der Waals surface area contributed by atoms with Gasteiger partial charge in [0, 0.05) is 38.3 Å². The van der Waals surface area contributed by atoms with Gasteiger partial charge in [0.05, 0.1) is 24.9 Å². The van der Waals surface area contributed by atoms with Crippen LogP contribution >= 0.6 is 11.6 Å². The summed E-state index contributed by atoms with van der Waals surface area (Å²) in [6, 6.07) is 3.46. The molecule has 0 saturated carbocycles. The average molecular weight is 300 g/mol. The van der Waals surface area contributed by atoms with Crippen LogP contribution in [0, 0.1) is 0 Å². The lowest BCUT2D eigenvalue weighted by Gasteiger charge is -2.17. The topological polar surface area (TPSA) is 62.8 Å². The normalized spacial score (nSPS) is 14.2. The molecule has 0 aliphatic carbocycles. The van der Waals surface area contributed by atoms with Gasteiger partial charge in [0.15, 0.2) is 0 Å². The van der Waals surface area contributed by atoms with Crippen molar-refractivity contribution >= 4 is 23.3 Å². The molecule has 1 saturated heterocycles. The van der Waals surface area contributed by atoms with E-state index in [1.807, 2.05) is 0 Å². The summed E-state index contributed by atoms with van der Waals surface area (Å²) >= 11 is 6.04. The fourth-order valence-electron chi connectivity index (χ4n) is 2.05. The van der Waals surface area contributed by atoms with E-state index in [1.54, 1.807) is 31.3 Å². The Balaban J connectivity index is 1.99. The molecule has 0 spiro atoms. The van der Waals surface area contributed by atoms with Gasteiger partial charge in [0.25, 0.3) is 0 Å². The number of nitrogens with one attached hydrogen (secondary N) is 2. The monoisotopic (exact) mass is 299 g/mol. The zero-order valence-corrected chi connectivity index (χ0v) is 12.3.